The number of halogens is 1. The van der Waals surface area contributed by atoms with Crippen LogP contribution in [0.5, 0.6) is 0 Å². The van der Waals surface area contributed by atoms with Gasteiger partial charge < -0.3 is 10.4 Å². The van der Waals surface area contributed by atoms with Crippen molar-refractivity contribution in [2.75, 3.05) is 5.32 Å². The first-order valence-electron chi connectivity index (χ1n) is 5.84. The first kappa shape index (κ1) is 14.7. The predicted octanol–water partition coefficient (Wildman–Crippen LogP) is 2.48. The van der Waals surface area contributed by atoms with E-state index in [-0.39, 0.29) is 10.8 Å². The van der Waals surface area contributed by atoms with Crippen molar-refractivity contribution in [1.82, 2.24) is 9.97 Å². The van der Waals surface area contributed by atoms with E-state index in [1.807, 2.05) is 0 Å². The molecule has 1 heterocycles. The van der Waals surface area contributed by atoms with Gasteiger partial charge >= 0.3 is 5.97 Å². The standard InChI is InChI=1S/C14H10ClN3O3/c15-12-8-16-7-11(18-12)14(21)17-10-3-1-2-9(6-10)4-5-13(19)20/h1-8H,(H,17,21)(H,19,20)/b5-4+. The molecule has 21 heavy (non-hydrogen) atoms. The molecule has 1 aromatic heterocycles. The molecular formula is C14H10ClN3O3. The number of carboxylic acids is 1. The summed E-state index contributed by atoms with van der Waals surface area (Å²) in [6.45, 7) is 0. The number of anilines is 1. The minimum atomic E-state index is -1.04. The first-order valence-corrected chi connectivity index (χ1v) is 6.22. The van der Waals surface area contributed by atoms with Gasteiger partial charge in [0.05, 0.1) is 12.4 Å². The Bertz CT molecular complexity index is 716. The third-order valence-corrected chi connectivity index (χ3v) is 2.58. The predicted molar refractivity (Wildman–Crippen MR) is 78.1 cm³/mol. The summed E-state index contributed by atoms with van der Waals surface area (Å²) >= 11 is 5.67. The summed E-state index contributed by atoms with van der Waals surface area (Å²) in [5, 5.41) is 11.3. The van der Waals surface area contributed by atoms with E-state index >= 15 is 0 Å². The Balaban J connectivity index is 2.14. The minimum Gasteiger partial charge on any atom is -0.478 e. The fourth-order valence-corrected chi connectivity index (χ4v) is 1.68. The Labute approximate surface area is 125 Å². The van der Waals surface area contributed by atoms with Gasteiger partial charge in [0.15, 0.2) is 0 Å². The molecule has 6 nitrogen and oxygen atoms in total. The molecule has 0 atom stereocenters. The molecule has 0 saturated heterocycles. The lowest BCUT2D eigenvalue weighted by Gasteiger charge is -2.05. The summed E-state index contributed by atoms with van der Waals surface area (Å²) in [6.07, 6.45) is 5.08. The van der Waals surface area contributed by atoms with E-state index in [1.54, 1.807) is 24.3 Å². The summed E-state index contributed by atoms with van der Waals surface area (Å²) in [7, 11) is 0. The molecule has 0 bridgehead atoms. The third-order valence-electron chi connectivity index (χ3n) is 2.40. The van der Waals surface area contributed by atoms with E-state index in [0.29, 0.717) is 11.3 Å². The van der Waals surface area contributed by atoms with Gasteiger partial charge in [0.2, 0.25) is 0 Å². The van der Waals surface area contributed by atoms with Crippen LogP contribution in [0.3, 0.4) is 0 Å². The zero-order valence-electron chi connectivity index (χ0n) is 10.7. The summed E-state index contributed by atoms with van der Waals surface area (Å²) in [5.74, 6) is -1.50. The molecule has 1 amide bonds. The average Bonchev–Trinajstić information content (AvgIpc) is 2.45. The second-order valence-corrected chi connectivity index (χ2v) is 4.37. The van der Waals surface area contributed by atoms with Gasteiger partial charge in [0.25, 0.3) is 5.91 Å². The molecule has 0 aliphatic carbocycles. The number of nitrogens with zero attached hydrogens (tertiary/aromatic N) is 2. The van der Waals surface area contributed by atoms with Crippen LogP contribution in [0.25, 0.3) is 6.08 Å². The Morgan fingerprint density at radius 1 is 1.29 bits per heavy atom. The summed E-state index contributed by atoms with van der Waals surface area (Å²) in [6, 6.07) is 6.72. The van der Waals surface area contributed by atoms with Crippen LogP contribution in [0.2, 0.25) is 5.15 Å². The Morgan fingerprint density at radius 3 is 2.81 bits per heavy atom. The summed E-state index contributed by atoms with van der Waals surface area (Å²) < 4.78 is 0. The Kier molecular flexibility index (Phi) is 4.63. The number of rotatable bonds is 4. The number of carbonyl (C=O) groups excluding carboxylic acids is 1. The van der Waals surface area contributed by atoms with Gasteiger partial charge in [-0.05, 0) is 23.8 Å². The van der Waals surface area contributed by atoms with Gasteiger partial charge in [0, 0.05) is 11.8 Å². The van der Waals surface area contributed by atoms with Crippen molar-refractivity contribution in [1.29, 1.82) is 0 Å². The SMILES string of the molecule is O=C(O)/C=C/c1cccc(NC(=O)c2cncc(Cl)n2)c1. The van der Waals surface area contributed by atoms with Gasteiger partial charge in [-0.25, -0.2) is 9.78 Å². The quantitative estimate of drug-likeness (QED) is 0.847. The zero-order chi connectivity index (χ0) is 15.2. The van der Waals surface area contributed by atoms with Gasteiger partial charge in [-0.1, -0.05) is 23.7 Å². The molecule has 2 aromatic rings. The summed E-state index contributed by atoms with van der Waals surface area (Å²) in [5.41, 5.74) is 1.25. The highest BCUT2D eigenvalue weighted by Gasteiger charge is 2.08. The molecular weight excluding hydrogens is 294 g/mol. The average molecular weight is 304 g/mol. The van der Waals surface area contributed by atoms with Gasteiger partial charge in [-0.3, -0.25) is 9.78 Å². The number of amides is 1. The monoisotopic (exact) mass is 303 g/mol. The van der Waals surface area contributed by atoms with Crippen LogP contribution in [0.15, 0.2) is 42.7 Å². The van der Waals surface area contributed by atoms with Crippen molar-refractivity contribution in [2.45, 2.75) is 0 Å². The molecule has 106 valence electrons. The number of aromatic nitrogens is 2. The number of hydrogen-bond acceptors (Lipinski definition) is 4. The van der Waals surface area contributed by atoms with Crippen molar-refractivity contribution >= 4 is 35.2 Å². The van der Waals surface area contributed by atoms with Crippen molar-refractivity contribution in [3.63, 3.8) is 0 Å². The molecule has 0 aliphatic rings. The van der Waals surface area contributed by atoms with Crippen LogP contribution < -0.4 is 5.32 Å². The normalized spacial score (nSPS) is 10.5. The largest absolute Gasteiger partial charge is 0.478 e. The lowest BCUT2D eigenvalue weighted by atomic mass is 10.2. The van der Waals surface area contributed by atoms with Gasteiger partial charge in [0.1, 0.15) is 10.8 Å². The van der Waals surface area contributed by atoms with Crippen LogP contribution in [-0.2, 0) is 4.79 Å². The fraction of sp³-hybridized carbons (Fsp3) is 0. The maximum atomic E-state index is 12.0. The van der Waals surface area contributed by atoms with Crippen LogP contribution >= 0.6 is 11.6 Å². The molecule has 2 rings (SSSR count). The molecule has 7 heteroatoms. The van der Waals surface area contributed by atoms with E-state index in [9.17, 15) is 9.59 Å². The molecule has 2 N–H and O–H groups in total. The molecule has 0 aliphatic heterocycles. The number of benzene rings is 1. The maximum Gasteiger partial charge on any atom is 0.328 e. The van der Waals surface area contributed by atoms with Crippen LogP contribution in [0, 0.1) is 0 Å². The minimum absolute atomic E-state index is 0.0916. The lowest BCUT2D eigenvalue weighted by molar-refractivity contribution is -0.131. The Morgan fingerprint density at radius 2 is 2.10 bits per heavy atom. The molecule has 0 saturated carbocycles. The van der Waals surface area contributed by atoms with Crippen LogP contribution in [0.4, 0.5) is 5.69 Å². The molecule has 0 unspecified atom stereocenters. The van der Waals surface area contributed by atoms with E-state index in [0.717, 1.165) is 6.08 Å². The highest BCUT2D eigenvalue weighted by atomic mass is 35.5. The number of carboxylic acid groups (broad SMARTS) is 1. The second-order valence-electron chi connectivity index (χ2n) is 3.98. The topological polar surface area (TPSA) is 92.2 Å². The van der Waals surface area contributed by atoms with E-state index in [2.05, 4.69) is 15.3 Å². The van der Waals surface area contributed by atoms with E-state index < -0.39 is 11.9 Å². The van der Waals surface area contributed by atoms with E-state index in [4.69, 9.17) is 16.7 Å². The smallest absolute Gasteiger partial charge is 0.328 e. The van der Waals surface area contributed by atoms with Gasteiger partial charge in [-0.15, -0.1) is 0 Å². The zero-order valence-corrected chi connectivity index (χ0v) is 11.4. The van der Waals surface area contributed by atoms with Crippen molar-refractivity contribution in [2.24, 2.45) is 0 Å². The number of nitrogens with one attached hydrogen (secondary N) is 1. The summed E-state index contributed by atoms with van der Waals surface area (Å²) in [4.78, 5) is 30.1. The fourth-order valence-electron chi connectivity index (χ4n) is 1.53. The highest BCUT2D eigenvalue weighted by Crippen LogP contribution is 2.13. The molecule has 0 radical (unpaired) electrons. The van der Waals surface area contributed by atoms with Crippen molar-refractivity contribution in [3.8, 4) is 0 Å². The number of carbonyl (C=O) groups is 2. The van der Waals surface area contributed by atoms with Crippen LogP contribution in [0.1, 0.15) is 16.1 Å². The molecule has 0 fully saturated rings. The molecule has 1 aromatic carbocycles. The van der Waals surface area contributed by atoms with Crippen molar-refractivity contribution < 1.29 is 14.7 Å². The maximum absolute atomic E-state index is 12.0. The van der Waals surface area contributed by atoms with Crippen molar-refractivity contribution in [3.05, 3.63) is 59.1 Å². The van der Waals surface area contributed by atoms with E-state index in [1.165, 1.54) is 18.5 Å². The third kappa shape index (κ3) is 4.39. The first-order chi connectivity index (χ1) is 10.0. The Hall–Kier alpha value is -2.73. The highest BCUT2D eigenvalue weighted by molar-refractivity contribution is 6.29. The molecule has 0 spiro atoms. The number of hydrogen-bond donors (Lipinski definition) is 2. The lowest BCUT2D eigenvalue weighted by Crippen LogP contribution is -2.14. The van der Waals surface area contributed by atoms with Gasteiger partial charge in [-0.2, -0.15) is 0 Å². The van der Waals surface area contributed by atoms with Crippen LogP contribution in [-0.4, -0.2) is 27.0 Å². The second kappa shape index (κ2) is 6.62. The number of aliphatic carboxylic acids is 1.